The third-order valence-corrected chi connectivity index (χ3v) is 4.52. The van der Waals surface area contributed by atoms with Crippen LogP contribution in [0.2, 0.25) is 0 Å². The summed E-state index contributed by atoms with van der Waals surface area (Å²) in [6, 6.07) is 6.94. The summed E-state index contributed by atoms with van der Waals surface area (Å²) in [5.41, 5.74) is 1.13. The highest BCUT2D eigenvalue weighted by Gasteiger charge is 2.38. The molecule has 0 unspecified atom stereocenters. The van der Waals surface area contributed by atoms with E-state index in [1.165, 1.54) is 0 Å². The highest BCUT2D eigenvalue weighted by molar-refractivity contribution is 5.76. The molecule has 1 atom stereocenters. The van der Waals surface area contributed by atoms with Crippen LogP contribution < -0.4 is 10.6 Å². The summed E-state index contributed by atoms with van der Waals surface area (Å²) in [5.74, 6) is 0.740. The van der Waals surface area contributed by atoms with E-state index in [-0.39, 0.29) is 28.8 Å². The van der Waals surface area contributed by atoms with Crippen LogP contribution in [-0.2, 0) is 4.79 Å². The van der Waals surface area contributed by atoms with Crippen molar-refractivity contribution < 1.29 is 9.90 Å². The molecule has 1 aliphatic heterocycles. The number of hydrogen-bond acceptors (Lipinski definition) is 3. The first kappa shape index (κ1) is 17.8. The fourth-order valence-corrected chi connectivity index (χ4v) is 4.09. The Hall–Kier alpha value is -1.55. The fourth-order valence-electron chi connectivity index (χ4n) is 4.09. The number of carbonyl (C=O) groups is 1. The lowest BCUT2D eigenvalue weighted by molar-refractivity contribution is -0.123. The number of amides is 1. The number of rotatable bonds is 4. The van der Waals surface area contributed by atoms with Crippen LogP contribution in [-0.4, -0.2) is 22.1 Å². The zero-order chi connectivity index (χ0) is 17.3. The summed E-state index contributed by atoms with van der Waals surface area (Å²) in [4.78, 5) is 12.4. The molecule has 4 nitrogen and oxygen atoms in total. The molecular formula is C19H30N2O2. The molecule has 1 aromatic carbocycles. The number of phenolic OH excluding ortho intramolecular Hbond substituents is 1. The number of piperidine rings is 1. The Morgan fingerprint density at radius 2 is 1.74 bits per heavy atom. The van der Waals surface area contributed by atoms with Crippen molar-refractivity contribution in [2.45, 2.75) is 71.0 Å². The number of aromatic hydroxyl groups is 1. The molecule has 0 radical (unpaired) electrons. The van der Waals surface area contributed by atoms with Gasteiger partial charge in [0.1, 0.15) is 5.75 Å². The Labute approximate surface area is 139 Å². The summed E-state index contributed by atoms with van der Waals surface area (Å²) in [7, 11) is 0. The molecular weight excluding hydrogens is 288 g/mol. The number of phenols is 1. The zero-order valence-electron chi connectivity index (χ0n) is 14.9. The van der Waals surface area contributed by atoms with Gasteiger partial charge in [-0.1, -0.05) is 12.1 Å². The number of hydrogen-bond donors (Lipinski definition) is 3. The van der Waals surface area contributed by atoms with Crippen molar-refractivity contribution in [1.29, 1.82) is 0 Å². The predicted octanol–water partition coefficient (Wildman–Crippen LogP) is 3.52. The quantitative estimate of drug-likeness (QED) is 0.796. The van der Waals surface area contributed by atoms with E-state index in [9.17, 15) is 9.90 Å². The van der Waals surface area contributed by atoms with Gasteiger partial charge in [0.15, 0.2) is 0 Å². The van der Waals surface area contributed by atoms with Gasteiger partial charge in [-0.25, -0.2) is 0 Å². The Morgan fingerprint density at radius 3 is 2.26 bits per heavy atom. The maximum absolute atomic E-state index is 12.4. The average molecular weight is 318 g/mol. The molecule has 23 heavy (non-hydrogen) atoms. The molecule has 4 heteroatoms. The van der Waals surface area contributed by atoms with Crippen LogP contribution in [0.3, 0.4) is 0 Å². The molecule has 1 amide bonds. The minimum Gasteiger partial charge on any atom is -0.508 e. The molecule has 0 aromatic heterocycles. The van der Waals surface area contributed by atoms with Crippen LogP contribution >= 0.6 is 0 Å². The van der Waals surface area contributed by atoms with Crippen molar-refractivity contribution in [2.24, 2.45) is 5.92 Å². The van der Waals surface area contributed by atoms with E-state index >= 15 is 0 Å². The summed E-state index contributed by atoms with van der Waals surface area (Å²) in [6.45, 7) is 10.8. The molecule has 2 rings (SSSR count). The first-order chi connectivity index (χ1) is 10.6. The molecule has 128 valence electrons. The van der Waals surface area contributed by atoms with E-state index in [2.05, 4.69) is 38.3 Å². The van der Waals surface area contributed by atoms with Crippen LogP contribution in [0.5, 0.6) is 5.75 Å². The Balaban J connectivity index is 1.92. The summed E-state index contributed by atoms with van der Waals surface area (Å²) < 4.78 is 0. The van der Waals surface area contributed by atoms with Crippen molar-refractivity contribution in [1.82, 2.24) is 10.6 Å². The second kappa shape index (κ2) is 6.52. The van der Waals surface area contributed by atoms with Gasteiger partial charge in [0.05, 0.1) is 6.04 Å². The maximum atomic E-state index is 12.4. The van der Waals surface area contributed by atoms with Gasteiger partial charge >= 0.3 is 0 Å². The van der Waals surface area contributed by atoms with Crippen molar-refractivity contribution in [3.63, 3.8) is 0 Å². The molecule has 1 aliphatic rings. The topological polar surface area (TPSA) is 61.4 Å². The van der Waals surface area contributed by atoms with E-state index in [0.717, 1.165) is 18.4 Å². The van der Waals surface area contributed by atoms with Gasteiger partial charge in [0, 0.05) is 17.5 Å². The lowest BCUT2D eigenvalue weighted by atomic mass is 9.74. The normalized spacial score (nSPS) is 21.6. The van der Waals surface area contributed by atoms with Gasteiger partial charge in [-0.15, -0.1) is 0 Å². The summed E-state index contributed by atoms with van der Waals surface area (Å²) in [5, 5.41) is 16.1. The summed E-state index contributed by atoms with van der Waals surface area (Å²) in [6.07, 6.45) is 2.59. The van der Waals surface area contributed by atoms with Crippen molar-refractivity contribution in [2.75, 3.05) is 0 Å². The number of carbonyl (C=O) groups excluding carboxylic acids is 1. The highest BCUT2D eigenvalue weighted by Crippen LogP contribution is 2.34. The minimum absolute atomic E-state index is 0.0502. The summed E-state index contributed by atoms with van der Waals surface area (Å²) >= 11 is 0. The minimum atomic E-state index is -0.0502. The van der Waals surface area contributed by atoms with E-state index in [1.807, 2.05) is 19.1 Å². The maximum Gasteiger partial charge on any atom is 0.220 e. The first-order valence-corrected chi connectivity index (χ1v) is 8.44. The average Bonchev–Trinajstić information content (AvgIpc) is 2.34. The van der Waals surface area contributed by atoms with Crippen molar-refractivity contribution >= 4 is 5.91 Å². The van der Waals surface area contributed by atoms with Gasteiger partial charge in [-0.05, 0) is 71.1 Å². The second-order valence-electron chi connectivity index (χ2n) is 8.25. The standard InChI is InChI=1S/C19H30N2O2/c1-13(15-6-8-16(22)9-7-15)20-17(23)10-14-11-18(2,3)21-19(4,5)12-14/h6-9,13-14,21-22H,10-12H2,1-5H3,(H,20,23)/t13-/m1/s1. The molecule has 3 N–H and O–H groups in total. The zero-order valence-corrected chi connectivity index (χ0v) is 14.9. The first-order valence-electron chi connectivity index (χ1n) is 8.44. The van der Waals surface area contributed by atoms with Gasteiger partial charge in [-0.3, -0.25) is 4.79 Å². The largest absolute Gasteiger partial charge is 0.508 e. The second-order valence-corrected chi connectivity index (χ2v) is 8.25. The lowest BCUT2D eigenvalue weighted by Gasteiger charge is -2.46. The van der Waals surface area contributed by atoms with E-state index in [4.69, 9.17) is 0 Å². The van der Waals surface area contributed by atoms with Gasteiger partial charge in [0.2, 0.25) is 5.91 Å². The highest BCUT2D eigenvalue weighted by atomic mass is 16.3. The molecule has 0 bridgehead atoms. The Morgan fingerprint density at radius 1 is 1.22 bits per heavy atom. The van der Waals surface area contributed by atoms with E-state index in [1.54, 1.807) is 12.1 Å². The van der Waals surface area contributed by atoms with Crippen molar-refractivity contribution in [3.8, 4) is 5.75 Å². The third kappa shape index (κ3) is 5.24. The fraction of sp³-hybridized carbons (Fsp3) is 0.632. The van der Waals surface area contributed by atoms with Crippen LogP contribution in [0.25, 0.3) is 0 Å². The SMILES string of the molecule is C[C@@H](NC(=O)CC1CC(C)(C)NC(C)(C)C1)c1ccc(O)cc1. The Bertz CT molecular complexity index is 533. The van der Waals surface area contributed by atoms with Crippen LogP contribution in [0.1, 0.15) is 65.5 Å². The monoisotopic (exact) mass is 318 g/mol. The lowest BCUT2D eigenvalue weighted by Crippen LogP contribution is -2.58. The van der Waals surface area contributed by atoms with E-state index in [0.29, 0.717) is 12.3 Å². The third-order valence-electron chi connectivity index (χ3n) is 4.52. The number of nitrogens with one attached hydrogen (secondary N) is 2. The van der Waals surface area contributed by atoms with Crippen LogP contribution in [0.4, 0.5) is 0 Å². The molecule has 1 fully saturated rings. The molecule has 1 saturated heterocycles. The van der Waals surface area contributed by atoms with Gasteiger partial charge < -0.3 is 15.7 Å². The smallest absolute Gasteiger partial charge is 0.220 e. The molecule has 1 aromatic rings. The van der Waals surface area contributed by atoms with Gasteiger partial charge in [0.25, 0.3) is 0 Å². The molecule has 0 saturated carbocycles. The molecule has 0 spiro atoms. The molecule has 0 aliphatic carbocycles. The Kier molecular flexibility index (Phi) is 5.04. The predicted molar refractivity (Wildman–Crippen MR) is 93.3 cm³/mol. The van der Waals surface area contributed by atoms with Crippen LogP contribution in [0.15, 0.2) is 24.3 Å². The number of benzene rings is 1. The van der Waals surface area contributed by atoms with Crippen molar-refractivity contribution in [3.05, 3.63) is 29.8 Å². The van der Waals surface area contributed by atoms with E-state index < -0.39 is 0 Å². The van der Waals surface area contributed by atoms with Crippen LogP contribution in [0, 0.1) is 5.92 Å². The molecule has 1 heterocycles. The van der Waals surface area contributed by atoms with Gasteiger partial charge in [-0.2, -0.15) is 0 Å².